The molecule has 4 heteroatoms. The first kappa shape index (κ1) is 15.9. The van der Waals surface area contributed by atoms with Crippen LogP contribution in [0.25, 0.3) is 0 Å². The van der Waals surface area contributed by atoms with Gasteiger partial charge < -0.3 is 15.0 Å². The van der Waals surface area contributed by atoms with E-state index in [1.165, 1.54) is 32.6 Å². The van der Waals surface area contributed by atoms with Gasteiger partial charge in [0.15, 0.2) is 0 Å². The number of hydrogen-bond acceptors (Lipinski definition) is 4. The molecule has 0 aromatic rings. The molecule has 0 spiro atoms. The molecule has 1 unspecified atom stereocenters. The van der Waals surface area contributed by atoms with Crippen molar-refractivity contribution in [3.05, 3.63) is 0 Å². The normalized spacial score (nSPS) is 20.8. The van der Waals surface area contributed by atoms with Gasteiger partial charge in [0.1, 0.15) is 0 Å². The quantitative estimate of drug-likeness (QED) is 0.657. The average molecular weight is 257 g/mol. The third-order valence-corrected chi connectivity index (χ3v) is 3.66. The van der Waals surface area contributed by atoms with E-state index >= 15 is 0 Å². The molecule has 0 aromatic heterocycles. The van der Waals surface area contributed by atoms with Crippen molar-refractivity contribution >= 4 is 0 Å². The third-order valence-electron chi connectivity index (χ3n) is 3.66. The van der Waals surface area contributed by atoms with Crippen LogP contribution in [0, 0.1) is 0 Å². The van der Waals surface area contributed by atoms with Gasteiger partial charge in [0.2, 0.25) is 0 Å². The van der Waals surface area contributed by atoms with E-state index in [-0.39, 0.29) is 0 Å². The Morgan fingerprint density at radius 3 is 2.83 bits per heavy atom. The molecule has 1 fully saturated rings. The number of nitrogens with one attached hydrogen (secondary N) is 1. The SMILES string of the molecule is CCOCCCNCC(C)N1CCCN(C)CC1. The Bertz CT molecular complexity index is 201. The zero-order chi connectivity index (χ0) is 13.2. The van der Waals surface area contributed by atoms with Gasteiger partial charge in [0.05, 0.1) is 0 Å². The highest BCUT2D eigenvalue weighted by Crippen LogP contribution is 2.05. The maximum Gasteiger partial charge on any atom is 0.0477 e. The van der Waals surface area contributed by atoms with E-state index in [1.54, 1.807) is 0 Å². The van der Waals surface area contributed by atoms with Crippen molar-refractivity contribution < 1.29 is 4.74 Å². The van der Waals surface area contributed by atoms with Gasteiger partial charge in [-0.1, -0.05) is 0 Å². The first-order valence-electron chi connectivity index (χ1n) is 7.45. The van der Waals surface area contributed by atoms with Crippen LogP contribution in [0.5, 0.6) is 0 Å². The average Bonchev–Trinajstić information content (AvgIpc) is 2.58. The minimum absolute atomic E-state index is 0.642. The van der Waals surface area contributed by atoms with Crippen LogP contribution in [-0.2, 0) is 4.74 Å². The van der Waals surface area contributed by atoms with Crippen LogP contribution in [0.2, 0.25) is 0 Å². The van der Waals surface area contributed by atoms with Crippen LogP contribution in [0.4, 0.5) is 0 Å². The second-order valence-corrected chi connectivity index (χ2v) is 5.30. The molecule has 1 N–H and O–H groups in total. The van der Waals surface area contributed by atoms with E-state index in [4.69, 9.17) is 4.74 Å². The molecule has 1 saturated heterocycles. The molecule has 0 bridgehead atoms. The van der Waals surface area contributed by atoms with Crippen LogP contribution in [0.15, 0.2) is 0 Å². The topological polar surface area (TPSA) is 27.7 Å². The van der Waals surface area contributed by atoms with Gasteiger partial charge in [-0.3, -0.25) is 4.90 Å². The lowest BCUT2D eigenvalue weighted by Crippen LogP contribution is -2.42. The van der Waals surface area contributed by atoms with Crippen LogP contribution < -0.4 is 5.32 Å². The Morgan fingerprint density at radius 1 is 1.22 bits per heavy atom. The monoisotopic (exact) mass is 257 g/mol. The van der Waals surface area contributed by atoms with E-state index in [9.17, 15) is 0 Å². The molecule has 0 saturated carbocycles. The summed E-state index contributed by atoms with van der Waals surface area (Å²) in [4.78, 5) is 5.04. The minimum Gasteiger partial charge on any atom is -0.382 e. The maximum atomic E-state index is 5.33. The van der Waals surface area contributed by atoms with E-state index in [2.05, 4.69) is 29.1 Å². The highest BCUT2D eigenvalue weighted by molar-refractivity contribution is 4.74. The smallest absolute Gasteiger partial charge is 0.0477 e. The summed E-state index contributed by atoms with van der Waals surface area (Å²) in [6, 6.07) is 0.642. The number of nitrogens with zero attached hydrogens (tertiary/aromatic N) is 2. The minimum atomic E-state index is 0.642. The Balaban J connectivity index is 2.06. The van der Waals surface area contributed by atoms with Crippen molar-refractivity contribution in [2.45, 2.75) is 32.7 Å². The van der Waals surface area contributed by atoms with Crippen molar-refractivity contribution in [2.75, 3.05) is 59.5 Å². The van der Waals surface area contributed by atoms with Crippen LogP contribution in [0.1, 0.15) is 26.7 Å². The summed E-state index contributed by atoms with van der Waals surface area (Å²) in [7, 11) is 2.22. The summed E-state index contributed by atoms with van der Waals surface area (Å²) < 4.78 is 5.33. The van der Waals surface area contributed by atoms with Crippen LogP contribution >= 0.6 is 0 Å². The lowest BCUT2D eigenvalue weighted by Gasteiger charge is -2.27. The highest BCUT2D eigenvalue weighted by atomic mass is 16.5. The molecule has 4 nitrogen and oxygen atoms in total. The van der Waals surface area contributed by atoms with Crippen molar-refractivity contribution in [1.82, 2.24) is 15.1 Å². The van der Waals surface area contributed by atoms with E-state index in [0.29, 0.717) is 6.04 Å². The third kappa shape index (κ3) is 6.69. The van der Waals surface area contributed by atoms with Crippen LogP contribution in [-0.4, -0.2) is 75.4 Å². The Labute approximate surface area is 113 Å². The number of rotatable bonds is 8. The summed E-state index contributed by atoms with van der Waals surface area (Å²) >= 11 is 0. The maximum absolute atomic E-state index is 5.33. The largest absolute Gasteiger partial charge is 0.382 e. The fraction of sp³-hybridized carbons (Fsp3) is 1.00. The van der Waals surface area contributed by atoms with Gasteiger partial charge >= 0.3 is 0 Å². The summed E-state index contributed by atoms with van der Waals surface area (Å²) in [5.74, 6) is 0. The second kappa shape index (κ2) is 9.73. The molecule has 18 heavy (non-hydrogen) atoms. The first-order chi connectivity index (χ1) is 8.74. The van der Waals surface area contributed by atoms with Crippen molar-refractivity contribution in [3.63, 3.8) is 0 Å². The van der Waals surface area contributed by atoms with Gasteiger partial charge in [-0.2, -0.15) is 0 Å². The fourth-order valence-corrected chi connectivity index (χ4v) is 2.39. The molecule has 1 aliphatic rings. The molecule has 1 atom stereocenters. The molecule has 0 radical (unpaired) electrons. The lowest BCUT2D eigenvalue weighted by atomic mass is 10.2. The zero-order valence-corrected chi connectivity index (χ0v) is 12.5. The van der Waals surface area contributed by atoms with Gasteiger partial charge in [-0.25, -0.2) is 0 Å². The molecule has 0 aromatic carbocycles. The van der Waals surface area contributed by atoms with Gasteiger partial charge in [0, 0.05) is 38.9 Å². The molecule has 0 aliphatic carbocycles. The molecule has 1 aliphatic heterocycles. The molecule has 0 amide bonds. The lowest BCUT2D eigenvalue weighted by molar-refractivity contribution is 0.143. The Morgan fingerprint density at radius 2 is 2.06 bits per heavy atom. The fourth-order valence-electron chi connectivity index (χ4n) is 2.39. The highest BCUT2D eigenvalue weighted by Gasteiger charge is 2.16. The molecular weight excluding hydrogens is 226 g/mol. The summed E-state index contributed by atoms with van der Waals surface area (Å²) in [6.07, 6.45) is 2.41. The van der Waals surface area contributed by atoms with Crippen molar-refractivity contribution in [2.24, 2.45) is 0 Å². The van der Waals surface area contributed by atoms with E-state index in [0.717, 1.165) is 32.7 Å². The predicted octanol–water partition coefficient (Wildman–Crippen LogP) is 1.03. The number of likely N-dealkylation sites (N-methyl/N-ethyl adjacent to an activating group) is 1. The van der Waals surface area contributed by atoms with Gasteiger partial charge in [-0.05, 0) is 53.4 Å². The molecule has 108 valence electrons. The van der Waals surface area contributed by atoms with Crippen molar-refractivity contribution in [1.29, 1.82) is 0 Å². The summed E-state index contributed by atoms with van der Waals surface area (Å²) in [6.45, 7) is 13.1. The zero-order valence-electron chi connectivity index (χ0n) is 12.5. The second-order valence-electron chi connectivity index (χ2n) is 5.30. The number of hydrogen-bond donors (Lipinski definition) is 1. The van der Waals surface area contributed by atoms with E-state index in [1.807, 2.05) is 6.92 Å². The predicted molar refractivity (Wildman–Crippen MR) is 77.1 cm³/mol. The number of ether oxygens (including phenoxy) is 1. The standard InChI is InChI=1S/C14H31N3O/c1-4-18-12-5-7-15-13-14(2)17-9-6-8-16(3)10-11-17/h14-15H,4-13H2,1-3H3. The van der Waals surface area contributed by atoms with Gasteiger partial charge in [-0.15, -0.1) is 0 Å². The van der Waals surface area contributed by atoms with Gasteiger partial charge in [0.25, 0.3) is 0 Å². The van der Waals surface area contributed by atoms with Crippen LogP contribution in [0.3, 0.4) is 0 Å². The Kier molecular flexibility index (Phi) is 8.59. The Hall–Kier alpha value is -0.160. The van der Waals surface area contributed by atoms with E-state index < -0.39 is 0 Å². The molecular formula is C14H31N3O. The van der Waals surface area contributed by atoms with Crippen molar-refractivity contribution in [3.8, 4) is 0 Å². The summed E-state index contributed by atoms with van der Waals surface area (Å²) in [5, 5.41) is 3.54. The molecule has 1 heterocycles. The summed E-state index contributed by atoms with van der Waals surface area (Å²) in [5.41, 5.74) is 0. The molecule has 1 rings (SSSR count). The first-order valence-corrected chi connectivity index (χ1v) is 7.45.